The van der Waals surface area contributed by atoms with Crippen LogP contribution in [0.2, 0.25) is 0 Å². The zero-order valence-corrected chi connectivity index (χ0v) is 8.03. The van der Waals surface area contributed by atoms with Crippen molar-refractivity contribution in [2.45, 2.75) is 22.7 Å². The van der Waals surface area contributed by atoms with Gasteiger partial charge in [-0.25, -0.2) is 0 Å². The number of hydrogen-bond acceptors (Lipinski definition) is 1. The maximum atomic E-state index is 12.0. The zero-order chi connectivity index (χ0) is 10.2. The lowest BCUT2D eigenvalue weighted by molar-refractivity contribution is -0.0328. The second-order valence-electron chi connectivity index (χ2n) is 3.19. The first-order valence-corrected chi connectivity index (χ1v) is 5.05. The molecule has 1 fully saturated rings. The van der Waals surface area contributed by atoms with Gasteiger partial charge in [-0.1, -0.05) is 12.1 Å². The monoisotopic (exact) mass is 217 g/mol. The number of hydrogen-bond donors (Lipinski definition) is 0. The van der Waals surface area contributed by atoms with Crippen molar-refractivity contribution in [1.82, 2.24) is 0 Å². The molecule has 1 aliphatic carbocycles. The van der Waals surface area contributed by atoms with E-state index in [1.54, 1.807) is 12.1 Å². The second-order valence-corrected chi connectivity index (χ2v) is 4.33. The number of rotatable bonds is 2. The van der Waals surface area contributed by atoms with E-state index in [0.29, 0.717) is 5.92 Å². The molecule has 1 aromatic rings. The van der Waals surface area contributed by atoms with E-state index in [9.17, 15) is 13.2 Å². The van der Waals surface area contributed by atoms with Crippen LogP contribution in [0.5, 0.6) is 0 Å². The van der Waals surface area contributed by atoms with E-state index in [0.717, 1.165) is 12.0 Å². The van der Waals surface area contributed by atoms with Gasteiger partial charge in [0.05, 0.1) is 0 Å². The number of thioether (sulfide) groups is 1. The molecule has 1 saturated carbocycles. The van der Waals surface area contributed by atoms with E-state index in [4.69, 9.17) is 0 Å². The molecule has 0 nitrogen and oxygen atoms in total. The Kier molecular flexibility index (Phi) is 2.47. The molecule has 0 spiro atoms. The predicted octanol–water partition coefficient (Wildman–Crippen LogP) is 3.99. The van der Waals surface area contributed by atoms with Crippen LogP contribution in [0.1, 0.15) is 17.9 Å². The Labute approximate surface area is 84.5 Å². The Morgan fingerprint density at radius 1 is 1.14 bits per heavy atom. The van der Waals surface area contributed by atoms with Crippen molar-refractivity contribution in [3.05, 3.63) is 36.2 Å². The third-order valence-corrected chi connectivity index (χ3v) is 2.75. The largest absolute Gasteiger partial charge is 0.446 e. The van der Waals surface area contributed by atoms with Gasteiger partial charge >= 0.3 is 5.51 Å². The second kappa shape index (κ2) is 3.50. The predicted molar refractivity (Wildman–Crippen MR) is 50.0 cm³/mol. The fraction of sp³-hybridized carbons (Fsp3) is 0.300. The molecule has 0 bridgehead atoms. The first kappa shape index (κ1) is 9.90. The van der Waals surface area contributed by atoms with E-state index in [2.05, 4.69) is 6.42 Å². The Bertz CT molecular complexity index is 311. The highest BCUT2D eigenvalue weighted by molar-refractivity contribution is 8.00. The number of benzene rings is 1. The van der Waals surface area contributed by atoms with Gasteiger partial charge in [0.15, 0.2) is 0 Å². The van der Waals surface area contributed by atoms with Crippen LogP contribution in [-0.2, 0) is 0 Å². The van der Waals surface area contributed by atoms with Crippen LogP contribution in [0, 0.1) is 6.42 Å². The average Bonchev–Trinajstić information content (AvgIpc) is 2.85. The van der Waals surface area contributed by atoms with Crippen LogP contribution in [0.15, 0.2) is 29.2 Å². The highest BCUT2D eigenvalue weighted by Crippen LogP contribution is 2.41. The molecular formula is C10H8F3S. The van der Waals surface area contributed by atoms with Gasteiger partial charge in [0, 0.05) is 4.90 Å². The summed E-state index contributed by atoms with van der Waals surface area (Å²) < 4.78 is 35.9. The maximum absolute atomic E-state index is 12.0. The smallest absolute Gasteiger partial charge is 0.160 e. The molecule has 75 valence electrons. The van der Waals surface area contributed by atoms with Crippen LogP contribution in [0.3, 0.4) is 0 Å². The molecule has 14 heavy (non-hydrogen) atoms. The molecule has 0 saturated heterocycles. The SMILES string of the molecule is FC(F)(F)Sc1ccc([C@@H]2[CH]C2)cc1. The molecule has 1 atom stereocenters. The Hall–Kier alpha value is -0.640. The normalized spacial score (nSPS) is 17.1. The van der Waals surface area contributed by atoms with Crippen LogP contribution in [0.25, 0.3) is 0 Å². The van der Waals surface area contributed by atoms with Crippen LogP contribution in [-0.4, -0.2) is 5.51 Å². The van der Waals surface area contributed by atoms with Crippen molar-refractivity contribution in [2.24, 2.45) is 0 Å². The molecular weight excluding hydrogens is 209 g/mol. The van der Waals surface area contributed by atoms with Crippen molar-refractivity contribution < 1.29 is 13.2 Å². The quantitative estimate of drug-likeness (QED) is 0.675. The van der Waals surface area contributed by atoms with E-state index in [1.807, 2.05) is 0 Å². The van der Waals surface area contributed by atoms with Crippen molar-refractivity contribution in [3.8, 4) is 0 Å². The summed E-state index contributed by atoms with van der Waals surface area (Å²) in [5, 5.41) is 0. The highest BCUT2D eigenvalue weighted by Gasteiger charge is 2.29. The summed E-state index contributed by atoms with van der Waals surface area (Å²) in [6, 6.07) is 6.59. The molecule has 2 rings (SSSR count). The Morgan fingerprint density at radius 3 is 2.14 bits per heavy atom. The van der Waals surface area contributed by atoms with Crippen molar-refractivity contribution in [1.29, 1.82) is 0 Å². The maximum Gasteiger partial charge on any atom is 0.446 e. The van der Waals surface area contributed by atoms with E-state index in [1.165, 1.54) is 12.1 Å². The van der Waals surface area contributed by atoms with Crippen molar-refractivity contribution in [3.63, 3.8) is 0 Å². The summed E-state index contributed by atoms with van der Waals surface area (Å²) in [4.78, 5) is 0.252. The first-order valence-electron chi connectivity index (χ1n) is 4.24. The highest BCUT2D eigenvalue weighted by atomic mass is 32.2. The van der Waals surface area contributed by atoms with Gasteiger partial charge in [-0.3, -0.25) is 0 Å². The van der Waals surface area contributed by atoms with Gasteiger partial charge in [0.1, 0.15) is 0 Å². The third kappa shape index (κ3) is 2.67. The lowest BCUT2D eigenvalue weighted by Gasteiger charge is -2.05. The van der Waals surface area contributed by atoms with Crippen LogP contribution < -0.4 is 0 Å². The summed E-state index contributed by atoms with van der Waals surface area (Å²) in [5.74, 6) is 0.472. The summed E-state index contributed by atoms with van der Waals surface area (Å²) >= 11 is -0.0686. The lowest BCUT2D eigenvalue weighted by atomic mass is 10.1. The van der Waals surface area contributed by atoms with Crippen molar-refractivity contribution in [2.75, 3.05) is 0 Å². The molecule has 0 unspecified atom stereocenters. The Balaban J connectivity index is 2.06. The van der Waals surface area contributed by atoms with Gasteiger partial charge in [-0.2, -0.15) is 13.2 Å². The summed E-state index contributed by atoms with van der Waals surface area (Å²) in [6.45, 7) is 0. The Morgan fingerprint density at radius 2 is 1.71 bits per heavy atom. The fourth-order valence-electron chi connectivity index (χ4n) is 1.26. The molecule has 0 aliphatic heterocycles. The summed E-state index contributed by atoms with van der Waals surface area (Å²) in [6.07, 6.45) is 3.18. The number of halogens is 3. The minimum Gasteiger partial charge on any atom is -0.160 e. The molecule has 4 heteroatoms. The minimum absolute atomic E-state index is 0.0686. The van der Waals surface area contributed by atoms with Gasteiger partial charge in [-0.15, -0.1) is 0 Å². The molecule has 0 N–H and O–H groups in total. The first-order chi connectivity index (χ1) is 6.54. The van der Waals surface area contributed by atoms with Gasteiger partial charge in [-0.05, 0) is 48.2 Å². The molecule has 1 radical (unpaired) electrons. The molecule has 1 aromatic carbocycles. The third-order valence-electron chi connectivity index (χ3n) is 2.01. The van der Waals surface area contributed by atoms with Gasteiger partial charge in [0.25, 0.3) is 0 Å². The lowest BCUT2D eigenvalue weighted by Crippen LogP contribution is -1.98. The van der Waals surface area contributed by atoms with Crippen LogP contribution >= 0.6 is 11.8 Å². The van der Waals surface area contributed by atoms with Gasteiger partial charge < -0.3 is 0 Å². The fourth-order valence-corrected chi connectivity index (χ4v) is 1.80. The summed E-state index contributed by atoms with van der Waals surface area (Å²) in [5.41, 5.74) is -3.08. The van der Waals surface area contributed by atoms with Crippen LogP contribution in [0.4, 0.5) is 13.2 Å². The molecule has 0 heterocycles. The molecule has 0 amide bonds. The van der Waals surface area contributed by atoms with E-state index < -0.39 is 5.51 Å². The van der Waals surface area contributed by atoms with Gasteiger partial charge in [0.2, 0.25) is 0 Å². The average molecular weight is 217 g/mol. The molecule has 0 aromatic heterocycles. The van der Waals surface area contributed by atoms with Crippen molar-refractivity contribution >= 4 is 11.8 Å². The minimum atomic E-state index is -4.19. The zero-order valence-electron chi connectivity index (χ0n) is 7.21. The van der Waals surface area contributed by atoms with E-state index >= 15 is 0 Å². The standard InChI is InChI=1S/C10H8F3S/c11-10(12,13)14-9-5-3-8(4-6-9)7-1-2-7/h1,3-7H,2H2/t7-/m1/s1. The topological polar surface area (TPSA) is 0 Å². The molecule has 1 aliphatic rings. The summed E-state index contributed by atoms with van der Waals surface area (Å²) in [7, 11) is 0. The number of alkyl halides is 3. The van der Waals surface area contributed by atoms with E-state index in [-0.39, 0.29) is 16.7 Å².